The zero-order chi connectivity index (χ0) is 13.1. The van der Waals surface area contributed by atoms with Gasteiger partial charge in [0.15, 0.2) is 0 Å². The van der Waals surface area contributed by atoms with Crippen LogP contribution in [-0.2, 0) is 0 Å². The van der Waals surface area contributed by atoms with Crippen LogP contribution >= 0.6 is 0 Å². The van der Waals surface area contributed by atoms with Crippen LogP contribution in [0.15, 0.2) is 23.8 Å². The van der Waals surface area contributed by atoms with Gasteiger partial charge in [0.05, 0.1) is 6.04 Å². The molecule has 0 spiro atoms. The van der Waals surface area contributed by atoms with Gasteiger partial charge in [0, 0.05) is 5.56 Å². The molecule has 0 bridgehead atoms. The van der Waals surface area contributed by atoms with Gasteiger partial charge in [0.1, 0.15) is 11.6 Å². The maximum absolute atomic E-state index is 14.1. The summed E-state index contributed by atoms with van der Waals surface area (Å²) in [5, 5.41) is 3.05. The number of halogens is 2. The van der Waals surface area contributed by atoms with Crippen molar-refractivity contribution in [1.29, 1.82) is 0 Å². The Balaban J connectivity index is 2.44. The van der Waals surface area contributed by atoms with Gasteiger partial charge in [-0.1, -0.05) is 17.7 Å². The van der Waals surface area contributed by atoms with Crippen LogP contribution in [0.2, 0.25) is 0 Å². The van der Waals surface area contributed by atoms with Crippen LogP contribution < -0.4 is 5.32 Å². The second kappa shape index (κ2) is 5.61. The monoisotopic (exact) mass is 251 g/mol. The number of nitrogens with one attached hydrogen (secondary N) is 1. The number of hydrogen-bond acceptors (Lipinski definition) is 1. The molecule has 0 aromatic heterocycles. The first-order chi connectivity index (χ1) is 8.65. The molecule has 3 heteroatoms. The third-order valence-electron chi connectivity index (χ3n) is 3.59. The molecule has 1 unspecified atom stereocenters. The fourth-order valence-electron chi connectivity index (χ4n) is 2.58. The lowest BCUT2D eigenvalue weighted by atomic mass is 9.89. The van der Waals surface area contributed by atoms with Crippen LogP contribution in [-0.4, -0.2) is 7.05 Å². The van der Waals surface area contributed by atoms with E-state index in [0.29, 0.717) is 5.56 Å². The van der Waals surface area contributed by atoms with Crippen LogP contribution in [0.5, 0.6) is 0 Å². The molecule has 18 heavy (non-hydrogen) atoms. The van der Waals surface area contributed by atoms with E-state index in [-0.39, 0.29) is 11.6 Å². The molecule has 98 valence electrons. The van der Waals surface area contributed by atoms with E-state index in [2.05, 4.69) is 11.4 Å². The summed E-state index contributed by atoms with van der Waals surface area (Å²) < 4.78 is 28.1. The van der Waals surface area contributed by atoms with E-state index in [4.69, 9.17) is 0 Å². The molecule has 1 aliphatic carbocycles. The Labute approximate surface area is 107 Å². The van der Waals surface area contributed by atoms with Crippen molar-refractivity contribution in [3.63, 3.8) is 0 Å². The van der Waals surface area contributed by atoms with E-state index < -0.39 is 11.6 Å². The van der Waals surface area contributed by atoms with Gasteiger partial charge in [-0.05, 0) is 51.3 Å². The largest absolute Gasteiger partial charge is 0.309 e. The van der Waals surface area contributed by atoms with Crippen molar-refractivity contribution in [2.45, 2.75) is 38.6 Å². The molecule has 2 rings (SSSR count). The van der Waals surface area contributed by atoms with Crippen molar-refractivity contribution in [2.75, 3.05) is 7.05 Å². The van der Waals surface area contributed by atoms with Crippen LogP contribution in [0.1, 0.15) is 42.9 Å². The van der Waals surface area contributed by atoms with Crippen molar-refractivity contribution in [2.24, 2.45) is 0 Å². The Kier molecular flexibility index (Phi) is 4.12. The zero-order valence-corrected chi connectivity index (χ0v) is 10.9. The molecular weight excluding hydrogens is 232 g/mol. The van der Waals surface area contributed by atoms with Crippen LogP contribution in [0.4, 0.5) is 8.78 Å². The highest BCUT2D eigenvalue weighted by Gasteiger charge is 2.24. The maximum Gasteiger partial charge on any atom is 0.134 e. The highest BCUT2D eigenvalue weighted by Crippen LogP contribution is 2.33. The highest BCUT2D eigenvalue weighted by molar-refractivity contribution is 5.35. The van der Waals surface area contributed by atoms with Crippen molar-refractivity contribution in [3.8, 4) is 0 Å². The Morgan fingerprint density at radius 2 is 2.00 bits per heavy atom. The molecule has 0 radical (unpaired) electrons. The third kappa shape index (κ3) is 2.46. The molecule has 1 atom stereocenters. The number of rotatable bonds is 3. The van der Waals surface area contributed by atoms with Gasteiger partial charge in [0.25, 0.3) is 0 Å². The lowest BCUT2D eigenvalue weighted by molar-refractivity contribution is 0.500. The molecule has 0 aliphatic heterocycles. The molecule has 1 aliphatic rings. The Hall–Kier alpha value is -1.22. The Morgan fingerprint density at radius 3 is 2.61 bits per heavy atom. The molecule has 1 aromatic carbocycles. The van der Waals surface area contributed by atoms with E-state index in [1.165, 1.54) is 18.6 Å². The van der Waals surface area contributed by atoms with Gasteiger partial charge in [-0.25, -0.2) is 8.78 Å². The summed E-state index contributed by atoms with van der Waals surface area (Å²) in [5.41, 5.74) is 1.75. The van der Waals surface area contributed by atoms with Gasteiger partial charge < -0.3 is 5.32 Å². The summed E-state index contributed by atoms with van der Waals surface area (Å²) >= 11 is 0. The second-order valence-electron chi connectivity index (χ2n) is 4.84. The summed E-state index contributed by atoms with van der Waals surface area (Å²) in [6.07, 6.45) is 6.30. The average molecular weight is 251 g/mol. The predicted molar refractivity (Wildman–Crippen MR) is 69.4 cm³/mol. The second-order valence-corrected chi connectivity index (χ2v) is 4.84. The SMILES string of the molecule is CNC(C1=CCCCC1)c1c(F)ccc(C)c1F. The van der Waals surface area contributed by atoms with E-state index in [0.717, 1.165) is 24.8 Å². The number of likely N-dealkylation sites (N-methyl/N-ethyl adjacent to an activating group) is 1. The number of aryl methyl sites for hydroxylation is 1. The highest BCUT2D eigenvalue weighted by atomic mass is 19.1. The maximum atomic E-state index is 14.1. The molecule has 0 fully saturated rings. The Bertz CT molecular complexity index is 466. The zero-order valence-electron chi connectivity index (χ0n) is 10.9. The number of allylic oxidation sites excluding steroid dienone is 1. The fourth-order valence-corrected chi connectivity index (χ4v) is 2.58. The standard InChI is InChI=1S/C15H19F2N/c1-10-8-9-12(16)13(14(10)17)15(18-2)11-6-4-3-5-7-11/h6,8-9,15,18H,3-5,7H2,1-2H3. The first-order valence-corrected chi connectivity index (χ1v) is 6.46. The molecule has 1 aromatic rings. The summed E-state index contributed by atoms with van der Waals surface area (Å²) in [7, 11) is 1.75. The normalized spacial score (nSPS) is 17.4. The molecule has 0 heterocycles. The average Bonchev–Trinajstić information content (AvgIpc) is 2.40. The van der Waals surface area contributed by atoms with Crippen LogP contribution in [0, 0.1) is 18.6 Å². The summed E-state index contributed by atoms with van der Waals surface area (Å²) in [6, 6.07) is 2.49. The summed E-state index contributed by atoms with van der Waals surface area (Å²) in [6.45, 7) is 1.67. The van der Waals surface area contributed by atoms with Crippen LogP contribution in [0.3, 0.4) is 0 Å². The van der Waals surface area contributed by atoms with Crippen molar-refractivity contribution < 1.29 is 8.78 Å². The van der Waals surface area contributed by atoms with Crippen molar-refractivity contribution in [1.82, 2.24) is 5.32 Å². The predicted octanol–water partition coefficient (Wildman–Crippen LogP) is 4.03. The van der Waals surface area contributed by atoms with E-state index in [9.17, 15) is 8.78 Å². The van der Waals surface area contributed by atoms with Gasteiger partial charge in [-0.3, -0.25) is 0 Å². The lowest BCUT2D eigenvalue weighted by Crippen LogP contribution is -2.22. The van der Waals surface area contributed by atoms with E-state index in [1.54, 1.807) is 14.0 Å². The minimum atomic E-state index is -0.469. The number of benzene rings is 1. The molecule has 0 saturated heterocycles. The van der Waals surface area contributed by atoms with Crippen LogP contribution in [0.25, 0.3) is 0 Å². The minimum Gasteiger partial charge on any atom is -0.309 e. The van der Waals surface area contributed by atoms with E-state index >= 15 is 0 Å². The summed E-state index contributed by atoms with van der Waals surface area (Å²) in [4.78, 5) is 0. The molecule has 0 saturated carbocycles. The minimum absolute atomic E-state index is 0.158. The quantitative estimate of drug-likeness (QED) is 0.800. The van der Waals surface area contributed by atoms with Gasteiger partial charge in [-0.15, -0.1) is 0 Å². The fraction of sp³-hybridized carbons (Fsp3) is 0.467. The lowest BCUT2D eigenvalue weighted by Gasteiger charge is -2.24. The topological polar surface area (TPSA) is 12.0 Å². The third-order valence-corrected chi connectivity index (χ3v) is 3.59. The summed E-state index contributed by atoms with van der Waals surface area (Å²) in [5.74, 6) is -0.898. The van der Waals surface area contributed by atoms with E-state index in [1.807, 2.05) is 0 Å². The molecular formula is C15H19F2N. The number of hydrogen-bond donors (Lipinski definition) is 1. The Morgan fingerprint density at radius 1 is 1.22 bits per heavy atom. The van der Waals surface area contributed by atoms with Gasteiger partial charge in [-0.2, -0.15) is 0 Å². The smallest absolute Gasteiger partial charge is 0.134 e. The van der Waals surface area contributed by atoms with Gasteiger partial charge in [0.2, 0.25) is 0 Å². The molecule has 0 amide bonds. The van der Waals surface area contributed by atoms with Crippen molar-refractivity contribution in [3.05, 3.63) is 46.5 Å². The van der Waals surface area contributed by atoms with Crippen molar-refractivity contribution >= 4 is 0 Å². The van der Waals surface area contributed by atoms with Gasteiger partial charge >= 0.3 is 0 Å². The molecule has 1 nitrogen and oxygen atoms in total. The first-order valence-electron chi connectivity index (χ1n) is 6.46. The first kappa shape index (κ1) is 13.2. The molecule has 1 N–H and O–H groups in total.